The highest BCUT2D eigenvalue weighted by Gasteiger charge is 2.31. The minimum atomic E-state index is -4.55. The Morgan fingerprint density at radius 2 is 2.00 bits per heavy atom. The Labute approximate surface area is 86.4 Å². The van der Waals surface area contributed by atoms with Crippen LogP contribution in [0.25, 0.3) is 0 Å². The second-order valence-electron chi connectivity index (χ2n) is 3.47. The van der Waals surface area contributed by atoms with E-state index in [-0.39, 0.29) is 13.2 Å². The molecule has 1 fully saturated rings. The molecule has 0 bridgehead atoms. The standard InChI is InChI=1S/C9H13F3N2O/c10-9(11,12)15-7-6-14(5-1-4-13)8-2-3-8/h8H,1-3,5-7H2. The predicted octanol–water partition coefficient (Wildman–Crippen LogP) is 1.90. The molecule has 0 aromatic heterocycles. The fraction of sp³-hybridized carbons (Fsp3) is 0.889. The molecule has 6 heteroatoms. The molecule has 15 heavy (non-hydrogen) atoms. The Kier molecular flexibility index (Phi) is 4.36. The molecule has 0 aromatic rings. The van der Waals surface area contributed by atoms with Crippen LogP contribution < -0.4 is 0 Å². The van der Waals surface area contributed by atoms with Gasteiger partial charge in [-0.25, -0.2) is 0 Å². The van der Waals surface area contributed by atoms with Gasteiger partial charge in [0.15, 0.2) is 0 Å². The summed E-state index contributed by atoms with van der Waals surface area (Å²) in [7, 11) is 0. The molecule has 0 unspecified atom stereocenters. The largest absolute Gasteiger partial charge is 0.522 e. The smallest absolute Gasteiger partial charge is 0.297 e. The zero-order valence-electron chi connectivity index (χ0n) is 8.26. The van der Waals surface area contributed by atoms with Gasteiger partial charge in [0.1, 0.15) is 0 Å². The number of rotatable bonds is 6. The van der Waals surface area contributed by atoms with Crippen molar-refractivity contribution in [3.05, 3.63) is 0 Å². The van der Waals surface area contributed by atoms with E-state index in [1.807, 2.05) is 11.0 Å². The first-order chi connectivity index (χ1) is 7.03. The average molecular weight is 222 g/mol. The summed E-state index contributed by atoms with van der Waals surface area (Å²) in [5, 5.41) is 8.38. The molecule has 0 heterocycles. The summed E-state index contributed by atoms with van der Waals surface area (Å²) in [6, 6.07) is 2.34. The minimum absolute atomic E-state index is 0.242. The normalized spacial score (nSPS) is 16.7. The molecule has 0 aromatic carbocycles. The summed E-state index contributed by atoms with van der Waals surface area (Å²) in [6.45, 7) is 0.416. The number of halogens is 3. The Morgan fingerprint density at radius 1 is 1.33 bits per heavy atom. The van der Waals surface area contributed by atoms with E-state index in [4.69, 9.17) is 5.26 Å². The number of alkyl halides is 3. The van der Waals surface area contributed by atoms with Gasteiger partial charge in [-0.1, -0.05) is 0 Å². The molecule has 0 atom stereocenters. The number of nitriles is 1. The molecule has 0 saturated heterocycles. The van der Waals surface area contributed by atoms with Crippen LogP contribution in [0.2, 0.25) is 0 Å². The van der Waals surface area contributed by atoms with Crippen molar-refractivity contribution in [3.63, 3.8) is 0 Å². The lowest BCUT2D eigenvalue weighted by molar-refractivity contribution is -0.325. The van der Waals surface area contributed by atoms with Crippen LogP contribution >= 0.6 is 0 Å². The van der Waals surface area contributed by atoms with Crippen LogP contribution in [0, 0.1) is 11.3 Å². The van der Waals surface area contributed by atoms with E-state index in [2.05, 4.69) is 4.74 Å². The average Bonchev–Trinajstić information content (AvgIpc) is 2.92. The molecular weight excluding hydrogens is 209 g/mol. The Bertz CT molecular complexity index is 232. The third-order valence-electron chi connectivity index (χ3n) is 2.22. The van der Waals surface area contributed by atoms with E-state index < -0.39 is 6.36 Å². The van der Waals surface area contributed by atoms with Gasteiger partial charge in [-0.15, -0.1) is 13.2 Å². The predicted molar refractivity (Wildman–Crippen MR) is 46.8 cm³/mol. The first kappa shape index (κ1) is 12.3. The van der Waals surface area contributed by atoms with Crippen molar-refractivity contribution in [2.45, 2.75) is 31.7 Å². The van der Waals surface area contributed by atoms with Crippen molar-refractivity contribution in [2.75, 3.05) is 19.7 Å². The van der Waals surface area contributed by atoms with Gasteiger partial charge >= 0.3 is 6.36 Å². The van der Waals surface area contributed by atoms with Crippen molar-refractivity contribution >= 4 is 0 Å². The van der Waals surface area contributed by atoms with Crippen molar-refractivity contribution in [3.8, 4) is 6.07 Å². The molecule has 0 radical (unpaired) electrons. The van der Waals surface area contributed by atoms with Gasteiger partial charge in [-0.2, -0.15) is 5.26 Å². The zero-order chi connectivity index (χ0) is 11.3. The Hall–Kier alpha value is -0.800. The molecule has 1 aliphatic carbocycles. The topological polar surface area (TPSA) is 36.3 Å². The first-order valence-corrected chi connectivity index (χ1v) is 4.84. The highest BCUT2D eigenvalue weighted by molar-refractivity contribution is 4.86. The molecule has 3 nitrogen and oxygen atoms in total. The third-order valence-corrected chi connectivity index (χ3v) is 2.22. The first-order valence-electron chi connectivity index (χ1n) is 4.84. The van der Waals surface area contributed by atoms with Crippen LogP contribution in [0.4, 0.5) is 13.2 Å². The molecule has 1 aliphatic rings. The van der Waals surface area contributed by atoms with Gasteiger partial charge in [-0.05, 0) is 12.8 Å². The number of hydrogen-bond donors (Lipinski definition) is 0. The second kappa shape index (κ2) is 5.33. The van der Waals surface area contributed by atoms with Crippen molar-refractivity contribution < 1.29 is 17.9 Å². The maximum atomic E-state index is 11.7. The monoisotopic (exact) mass is 222 g/mol. The van der Waals surface area contributed by atoms with Gasteiger partial charge in [0.2, 0.25) is 0 Å². The molecule has 0 aliphatic heterocycles. The quantitative estimate of drug-likeness (QED) is 0.688. The maximum absolute atomic E-state index is 11.7. The van der Waals surface area contributed by atoms with Crippen LogP contribution in [-0.4, -0.2) is 37.0 Å². The van der Waals surface area contributed by atoms with Gasteiger partial charge in [0, 0.05) is 25.6 Å². The summed E-state index contributed by atoms with van der Waals surface area (Å²) >= 11 is 0. The molecular formula is C9H13F3N2O. The zero-order valence-corrected chi connectivity index (χ0v) is 8.26. The summed E-state index contributed by atoms with van der Waals surface area (Å²) in [4.78, 5) is 1.88. The molecule has 1 rings (SSSR count). The molecule has 0 spiro atoms. The summed E-state index contributed by atoms with van der Waals surface area (Å²) < 4.78 is 38.7. The molecule has 1 saturated carbocycles. The lowest BCUT2D eigenvalue weighted by atomic mass is 10.4. The fourth-order valence-electron chi connectivity index (χ4n) is 1.39. The van der Waals surface area contributed by atoms with Crippen LogP contribution in [-0.2, 0) is 4.74 Å². The fourth-order valence-corrected chi connectivity index (χ4v) is 1.39. The van der Waals surface area contributed by atoms with Crippen LogP contribution in [0.15, 0.2) is 0 Å². The highest BCUT2D eigenvalue weighted by atomic mass is 19.4. The van der Waals surface area contributed by atoms with Crippen molar-refractivity contribution in [1.29, 1.82) is 5.26 Å². The summed E-state index contributed by atoms with van der Waals surface area (Å²) in [6.07, 6.45) is -2.18. The summed E-state index contributed by atoms with van der Waals surface area (Å²) in [5.41, 5.74) is 0. The number of ether oxygens (including phenoxy) is 1. The second-order valence-corrected chi connectivity index (χ2v) is 3.47. The lowest BCUT2D eigenvalue weighted by Crippen LogP contribution is -2.32. The van der Waals surface area contributed by atoms with Crippen molar-refractivity contribution in [2.24, 2.45) is 0 Å². The van der Waals surface area contributed by atoms with E-state index in [1.54, 1.807) is 0 Å². The van der Waals surface area contributed by atoms with Crippen LogP contribution in [0.5, 0.6) is 0 Å². The lowest BCUT2D eigenvalue weighted by Gasteiger charge is -2.20. The Morgan fingerprint density at radius 3 is 2.47 bits per heavy atom. The van der Waals surface area contributed by atoms with Gasteiger partial charge in [0.25, 0.3) is 0 Å². The highest BCUT2D eigenvalue weighted by Crippen LogP contribution is 2.26. The van der Waals surface area contributed by atoms with Gasteiger partial charge in [0.05, 0.1) is 12.7 Å². The van der Waals surface area contributed by atoms with E-state index in [0.29, 0.717) is 19.0 Å². The van der Waals surface area contributed by atoms with Crippen LogP contribution in [0.3, 0.4) is 0 Å². The van der Waals surface area contributed by atoms with Crippen LogP contribution in [0.1, 0.15) is 19.3 Å². The van der Waals surface area contributed by atoms with Gasteiger partial charge in [-0.3, -0.25) is 9.64 Å². The Balaban J connectivity index is 2.17. The number of hydrogen-bond acceptors (Lipinski definition) is 3. The van der Waals surface area contributed by atoms with Gasteiger partial charge < -0.3 is 0 Å². The van der Waals surface area contributed by atoms with E-state index in [9.17, 15) is 13.2 Å². The molecule has 0 N–H and O–H groups in total. The molecule has 86 valence electrons. The summed E-state index contributed by atoms with van der Waals surface area (Å²) in [5.74, 6) is 0. The minimum Gasteiger partial charge on any atom is -0.297 e. The van der Waals surface area contributed by atoms with E-state index in [0.717, 1.165) is 12.8 Å². The maximum Gasteiger partial charge on any atom is 0.522 e. The van der Waals surface area contributed by atoms with Crippen molar-refractivity contribution in [1.82, 2.24) is 4.90 Å². The van der Waals surface area contributed by atoms with E-state index >= 15 is 0 Å². The third kappa shape index (κ3) is 5.60. The van der Waals surface area contributed by atoms with E-state index in [1.165, 1.54) is 0 Å². The SMILES string of the molecule is N#CCCN(CCOC(F)(F)F)C1CC1. The molecule has 0 amide bonds. The number of nitrogens with zero attached hydrogens (tertiary/aromatic N) is 2.